The van der Waals surface area contributed by atoms with E-state index in [1.807, 2.05) is 18.2 Å². The Morgan fingerprint density at radius 1 is 1.20 bits per heavy atom. The largest absolute Gasteiger partial charge is 0.489 e. The topological polar surface area (TPSA) is 51.5 Å². The monoisotopic (exact) mass is 273 g/mol. The lowest BCUT2D eigenvalue weighted by molar-refractivity contribution is -0.155. The number of nitrogens with zero attached hydrogens (tertiary/aromatic N) is 1. The van der Waals surface area contributed by atoms with Crippen molar-refractivity contribution in [1.82, 2.24) is 0 Å². The summed E-state index contributed by atoms with van der Waals surface area (Å²) in [5.41, 5.74) is 0.517. The van der Waals surface area contributed by atoms with Crippen LogP contribution in [0.3, 0.4) is 0 Å². The van der Waals surface area contributed by atoms with Crippen LogP contribution in [0, 0.1) is 11.3 Å². The smallest absolute Gasteiger partial charge is 0.137 e. The summed E-state index contributed by atoms with van der Waals surface area (Å²) in [6.45, 7) is 2.25. The number of rotatable bonds is 2. The van der Waals surface area contributed by atoms with E-state index in [0.29, 0.717) is 11.3 Å². The fourth-order valence-electron chi connectivity index (χ4n) is 3.02. The maximum atomic E-state index is 9.12. The van der Waals surface area contributed by atoms with Gasteiger partial charge in [0.2, 0.25) is 0 Å². The summed E-state index contributed by atoms with van der Waals surface area (Å²) < 4.78 is 17.5. The van der Waals surface area contributed by atoms with Crippen molar-refractivity contribution in [2.24, 2.45) is 0 Å². The molecule has 3 rings (SSSR count). The van der Waals surface area contributed by atoms with Crippen LogP contribution in [0.2, 0.25) is 0 Å². The molecule has 2 saturated heterocycles. The normalized spacial score (nSPS) is 25.1. The molecule has 1 spiro atoms. The lowest BCUT2D eigenvalue weighted by Crippen LogP contribution is -2.47. The molecule has 20 heavy (non-hydrogen) atoms. The molecule has 2 aliphatic rings. The molecule has 4 heteroatoms. The quantitative estimate of drug-likeness (QED) is 0.831. The maximum absolute atomic E-state index is 9.12. The van der Waals surface area contributed by atoms with E-state index >= 15 is 0 Å². The van der Waals surface area contributed by atoms with Crippen molar-refractivity contribution in [2.75, 3.05) is 19.8 Å². The van der Waals surface area contributed by atoms with Crippen LogP contribution in [-0.4, -0.2) is 31.5 Å². The molecule has 0 radical (unpaired) electrons. The van der Waals surface area contributed by atoms with Crippen LogP contribution in [0.15, 0.2) is 24.3 Å². The molecule has 1 aromatic rings. The zero-order valence-corrected chi connectivity index (χ0v) is 11.5. The van der Waals surface area contributed by atoms with Gasteiger partial charge in [-0.1, -0.05) is 12.1 Å². The van der Waals surface area contributed by atoms with Gasteiger partial charge in [-0.3, -0.25) is 0 Å². The Balaban J connectivity index is 1.70. The van der Waals surface area contributed by atoms with Crippen LogP contribution in [-0.2, 0) is 9.47 Å². The molecule has 2 heterocycles. The summed E-state index contributed by atoms with van der Waals surface area (Å²) in [5, 5.41) is 9.12. The van der Waals surface area contributed by atoms with E-state index in [9.17, 15) is 0 Å². The fourth-order valence-corrected chi connectivity index (χ4v) is 3.02. The van der Waals surface area contributed by atoms with E-state index in [1.54, 1.807) is 6.07 Å². The number of nitriles is 1. The first-order valence-corrected chi connectivity index (χ1v) is 7.19. The van der Waals surface area contributed by atoms with Crippen molar-refractivity contribution < 1.29 is 14.2 Å². The van der Waals surface area contributed by atoms with Gasteiger partial charge in [-0.2, -0.15) is 5.26 Å². The maximum Gasteiger partial charge on any atom is 0.137 e. The minimum atomic E-state index is -0.0806. The molecule has 0 N–H and O–H groups in total. The average Bonchev–Trinajstić information content (AvgIpc) is 2.49. The number of ether oxygens (including phenoxy) is 3. The molecule has 1 aromatic carbocycles. The number of benzene rings is 1. The van der Waals surface area contributed by atoms with Gasteiger partial charge in [0.05, 0.1) is 17.8 Å². The van der Waals surface area contributed by atoms with Crippen molar-refractivity contribution in [3.05, 3.63) is 29.8 Å². The van der Waals surface area contributed by atoms with Crippen LogP contribution < -0.4 is 4.74 Å². The zero-order valence-electron chi connectivity index (χ0n) is 11.5. The third-order valence-electron chi connectivity index (χ3n) is 4.15. The number of hydrogen-bond donors (Lipinski definition) is 0. The van der Waals surface area contributed by atoms with Crippen LogP contribution in [0.25, 0.3) is 0 Å². The predicted octanol–water partition coefficient (Wildman–Crippen LogP) is 2.67. The predicted molar refractivity (Wildman–Crippen MR) is 73.5 cm³/mol. The molecule has 4 nitrogen and oxygen atoms in total. The molecule has 0 amide bonds. The first-order chi connectivity index (χ1) is 9.81. The molecule has 0 saturated carbocycles. The van der Waals surface area contributed by atoms with E-state index in [0.717, 1.165) is 45.5 Å². The minimum Gasteiger partial charge on any atom is -0.489 e. The van der Waals surface area contributed by atoms with Gasteiger partial charge in [-0.25, -0.2) is 0 Å². The second-order valence-corrected chi connectivity index (χ2v) is 5.48. The third kappa shape index (κ3) is 2.79. The Kier molecular flexibility index (Phi) is 3.90. The Morgan fingerprint density at radius 2 is 2.00 bits per heavy atom. The Morgan fingerprint density at radius 3 is 2.80 bits per heavy atom. The van der Waals surface area contributed by atoms with Crippen LogP contribution >= 0.6 is 0 Å². The van der Waals surface area contributed by atoms with E-state index in [-0.39, 0.29) is 11.7 Å². The van der Waals surface area contributed by atoms with Gasteiger partial charge >= 0.3 is 0 Å². The third-order valence-corrected chi connectivity index (χ3v) is 4.15. The highest BCUT2D eigenvalue weighted by Gasteiger charge is 2.39. The van der Waals surface area contributed by atoms with Gasteiger partial charge in [0, 0.05) is 26.1 Å². The molecule has 2 fully saturated rings. The van der Waals surface area contributed by atoms with Crippen molar-refractivity contribution >= 4 is 0 Å². The summed E-state index contributed by atoms with van der Waals surface area (Å²) in [6, 6.07) is 9.60. The summed E-state index contributed by atoms with van der Waals surface area (Å²) in [7, 11) is 0. The van der Waals surface area contributed by atoms with Crippen molar-refractivity contribution in [3.8, 4) is 11.8 Å². The van der Waals surface area contributed by atoms with Gasteiger partial charge in [0.25, 0.3) is 0 Å². The molecule has 1 unspecified atom stereocenters. The van der Waals surface area contributed by atoms with Gasteiger partial charge in [0.1, 0.15) is 17.9 Å². The summed E-state index contributed by atoms with van der Waals surface area (Å²) in [6.07, 6.45) is 3.76. The SMILES string of the molecule is N#Cc1ccccc1OC1CCOC2(CCOCC2)C1. The van der Waals surface area contributed by atoms with Crippen molar-refractivity contribution in [1.29, 1.82) is 5.26 Å². The van der Waals surface area contributed by atoms with Crippen LogP contribution in [0.4, 0.5) is 0 Å². The first-order valence-electron chi connectivity index (χ1n) is 7.19. The summed E-state index contributed by atoms with van der Waals surface area (Å²) in [5.74, 6) is 0.684. The van der Waals surface area contributed by atoms with Gasteiger partial charge in [-0.05, 0) is 25.0 Å². The Labute approximate surface area is 119 Å². The fraction of sp³-hybridized carbons (Fsp3) is 0.562. The van der Waals surface area contributed by atoms with Crippen molar-refractivity contribution in [2.45, 2.75) is 37.4 Å². The highest BCUT2D eigenvalue weighted by molar-refractivity contribution is 5.42. The van der Waals surface area contributed by atoms with E-state index in [2.05, 4.69) is 6.07 Å². The molecule has 0 bridgehead atoms. The molecular weight excluding hydrogens is 254 g/mol. The Hall–Kier alpha value is -1.57. The van der Waals surface area contributed by atoms with E-state index < -0.39 is 0 Å². The molecule has 0 aromatic heterocycles. The average molecular weight is 273 g/mol. The lowest BCUT2D eigenvalue weighted by atomic mass is 9.85. The molecule has 1 atom stereocenters. The van der Waals surface area contributed by atoms with Crippen LogP contribution in [0.1, 0.15) is 31.2 Å². The standard InChI is InChI=1S/C16H19NO3/c17-12-13-3-1-2-4-15(13)20-14-5-8-19-16(11-14)6-9-18-10-7-16/h1-4,14H,5-11H2. The van der Waals surface area contributed by atoms with E-state index in [4.69, 9.17) is 19.5 Å². The zero-order chi connectivity index (χ0) is 13.8. The van der Waals surface area contributed by atoms with Crippen molar-refractivity contribution in [3.63, 3.8) is 0 Å². The molecular formula is C16H19NO3. The van der Waals surface area contributed by atoms with Crippen LogP contribution in [0.5, 0.6) is 5.75 Å². The number of hydrogen-bond acceptors (Lipinski definition) is 4. The second kappa shape index (κ2) is 5.82. The number of para-hydroxylation sites is 1. The van der Waals surface area contributed by atoms with Gasteiger partial charge in [-0.15, -0.1) is 0 Å². The van der Waals surface area contributed by atoms with Gasteiger partial charge < -0.3 is 14.2 Å². The van der Waals surface area contributed by atoms with E-state index in [1.165, 1.54) is 0 Å². The van der Waals surface area contributed by atoms with Gasteiger partial charge in [0.15, 0.2) is 0 Å². The summed E-state index contributed by atoms with van der Waals surface area (Å²) in [4.78, 5) is 0. The Bertz CT molecular complexity index is 497. The summed E-state index contributed by atoms with van der Waals surface area (Å²) >= 11 is 0. The first kappa shape index (κ1) is 13.4. The molecule has 2 aliphatic heterocycles. The highest BCUT2D eigenvalue weighted by atomic mass is 16.5. The minimum absolute atomic E-state index is 0.0806. The second-order valence-electron chi connectivity index (χ2n) is 5.48. The highest BCUT2D eigenvalue weighted by Crippen LogP contribution is 2.36. The lowest BCUT2D eigenvalue weighted by Gasteiger charge is -2.43. The molecule has 106 valence electrons. The molecule has 0 aliphatic carbocycles.